The van der Waals surface area contributed by atoms with Gasteiger partial charge in [-0.15, -0.1) is 0 Å². The minimum absolute atomic E-state index is 0.271. The molecular formula is C21H26O7. The summed E-state index contributed by atoms with van der Waals surface area (Å²) in [5, 5.41) is 49.6. The van der Waals surface area contributed by atoms with Crippen LogP contribution in [0.5, 0.6) is 5.75 Å². The first-order valence-corrected chi connectivity index (χ1v) is 9.14. The van der Waals surface area contributed by atoms with Crippen LogP contribution in [0.1, 0.15) is 28.4 Å². The second-order valence-corrected chi connectivity index (χ2v) is 6.97. The van der Waals surface area contributed by atoms with Crippen molar-refractivity contribution in [1.29, 1.82) is 0 Å². The Labute approximate surface area is 163 Å². The van der Waals surface area contributed by atoms with Crippen molar-refractivity contribution in [2.75, 3.05) is 13.7 Å². The first-order chi connectivity index (χ1) is 13.5. The molecule has 28 heavy (non-hydrogen) atoms. The first-order valence-electron chi connectivity index (χ1n) is 9.14. The van der Waals surface area contributed by atoms with E-state index >= 15 is 0 Å². The highest BCUT2D eigenvalue weighted by Gasteiger charge is 2.44. The summed E-state index contributed by atoms with van der Waals surface area (Å²) in [4.78, 5) is 0. The minimum Gasteiger partial charge on any atom is -0.497 e. The van der Waals surface area contributed by atoms with Gasteiger partial charge in [-0.05, 0) is 40.8 Å². The third-order valence-corrected chi connectivity index (χ3v) is 5.15. The van der Waals surface area contributed by atoms with Crippen LogP contribution in [-0.4, -0.2) is 63.7 Å². The summed E-state index contributed by atoms with van der Waals surface area (Å²) >= 11 is 0. The maximum absolute atomic E-state index is 10.4. The van der Waals surface area contributed by atoms with E-state index in [1.807, 2.05) is 36.4 Å². The van der Waals surface area contributed by atoms with Crippen molar-refractivity contribution in [2.45, 2.75) is 43.5 Å². The summed E-state index contributed by atoms with van der Waals surface area (Å²) < 4.78 is 10.8. The summed E-state index contributed by atoms with van der Waals surface area (Å²) in [6.07, 6.45) is -5.64. The van der Waals surface area contributed by atoms with E-state index in [-0.39, 0.29) is 6.61 Å². The van der Waals surface area contributed by atoms with E-state index in [4.69, 9.17) is 9.47 Å². The third-order valence-electron chi connectivity index (χ3n) is 5.15. The fourth-order valence-electron chi connectivity index (χ4n) is 3.50. The van der Waals surface area contributed by atoms with Crippen molar-refractivity contribution < 1.29 is 35.0 Å². The van der Waals surface area contributed by atoms with Gasteiger partial charge in [-0.25, -0.2) is 0 Å². The number of benzene rings is 2. The molecule has 1 fully saturated rings. The first kappa shape index (κ1) is 20.7. The molecule has 1 aliphatic heterocycles. The summed E-state index contributed by atoms with van der Waals surface area (Å²) in [6, 6.07) is 13.1. The second-order valence-electron chi connectivity index (χ2n) is 6.97. The van der Waals surface area contributed by atoms with Crippen molar-refractivity contribution in [2.24, 2.45) is 0 Å². The Balaban J connectivity index is 1.89. The predicted molar refractivity (Wildman–Crippen MR) is 101 cm³/mol. The van der Waals surface area contributed by atoms with Gasteiger partial charge in [-0.2, -0.15) is 0 Å². The van der Waals surface area contributed by atoms with Gasteiger partial charge in [-0.1, -0.05) is 30.3 Å². The third kappa shape index (κ3) is 4.20. The fourth-order valence-corrected chi connectivity index (χ4v) is 3.50. The molecule has 1 aliphatic rings. The average molecular weight is 390 g/mol. The zero-order valence-electron chi connectivity index (χ0n) is 15.6. The minimum atomic E-state index is -1.47. The molecule has 0 spiro atoms. The second kappa shape index (κ2) is 9.00. The highest BCUT2D eigenvalue weighted by Crippen LogP contribution is 2.35. The van der Waals surface area contributed by atoms with Gasteiger partial charge in [0.25, 0.3) is 0 Å². The SMILES string of the molecule is COc1ccc(Cc2ccc(CO)c([C@@H]3O[C@H](CO)[C@@H](O)[C@H](O)[C@H]3O)c2)cc1. The van der Waals surface area contributed by atoms with Gasteiger partial charge in [0.1, 0.15) is 36.3 Å². The topological polar surface area (TPSA) is 120 Å². The molecule has 7 heteroatoms. The van der Waals surface area contributed by atoms with Gasteiger partial charge in [0.05, 0.1) is 20.3 Å². The molecule has 0 amide bonds. The lowest BCUT2D eigenvalue weighted by molar-refractivity contribution is -0.232. The van der Waals surface area contributed by atoms with E-state index in [9.17, 15) is 25.5 Å². The summed E-state index contributed by atoms with van der Waals surface area (Å²) in [6.45, 7) is -0.769. The number of rotatable bonds is 6. The Morgan fingerprint density at radius 1 is 0.893 bits per heavy atom. The van der Waals surface area contributed by atoms with Crippen molar-refractivity contribution >= 4 is 0 Å². The molecule has 1 heterocycles. The molecule has 0 saturated carbocycles. The van der Waals surface area contributed by atoms with Crippen LogP contribution in [0.15, 0.2) is 42.5 Å². The Morgan fingerprint density at radius 2 is 1.57 bits per heavy atom. The quantitative estimate of drug-likeness (QED) is 0.481. The Morgan fingerprint density at radius 3 is 2.18 bits per heavy atom. The monoisotopic (exact) mass is 390 g/mol. The lowest BCUT2D eigenvalue weighted by atomic mass is 9.88. The highest BCUT2D eigenvalue weighted by molar-refractivity contribution is 5.38. The van der Waals surface area contributed by atoms with E-state index in [1.165, 1.54) is 0 Å². The molecule has 152 valence electrons. The number of hydrogen-bond acceptors (Lipinski definition) is 7. The van der Waals surface area contributed by atoms with Gasteiger partial charge in [0.15, 0.2) is 0 Å². The van der Waals surface area contributed by atoms with E-state index in [0.717, 1.165) is 16.9 Å². The molecule has 0 unspecified atom stereocenters. The molecule has 2 aromatic carbocycles. The van der Waals surface area contributed by atoms with Crippen LogP contribution in [0.25, 0.3) is 0 Å². The molecule has 5 N–H and O–H groups in total. The maximum Gasteiger partial charge on any atom is 0.118 e. The van der Waals surface area contributed by atoms with E-state index in [2.05, 4.69) is 0 Å². The lowest BCUT2D eigenvalue weighted by Crippen LogP contribution is -2.55. The summed E-state index contributed by atoms with van der Waals surface area (Å²) in [7, 11) is 1.61. The number of hydrogen-bond donors (Lipinski definition) is 5. The van der Waals surface area contributed by atoms with Crippen LogP contribution in [0, 0.1) is 0 Å². The van der Waals surface area contributed by atoms with Crippen molar-refractivity contribution in [1.82, 2.24) is 0 Å². The molecular weight excluding hydrogens is 364 g/mol. The van der Waals surface area contributed by atoms with E-state index in [1.54, 1.807) is 13.2 Å². The van der Waals surface area contributed by atoms with Gasteiger partial charge < -0.3 is 35.0 Å². The largest absolute Gasteiger partial charge is 0.497 e. The number of methoxy groups -OCH3 is 1. The Hall–Kier alpha value is -2.00. The standard InChI is InChI=1S/C21H26O7/c1-27-15-6-3-12(4-7-15)8-13-2-5-14(10-22)16(9-13)21-20(26)19(25)18(24)17(11-23)28-21/h2-7,9,17-26H,8,10-11H2,1H3/t17-,18-,19+,20-,21+/m1/s1. The van der Waals surface area contributed by atoms with E-state index < -0.39 is 37.1 Å². The molecule has 0 aromatic heterocycles. The molecule has 7 nitrogen and oxygen atoms in total. The van der Waals surface area contributed by atoms with Crippen molar-refractivity contribution in [3.05, 3.63) is 64.7 Å². The molecule has 0 bridgehead atoms. The van der Waals surface area contributed by atoms with Crippen LogP contribution in [0.2, 0.25) is 0 Å². The number of ether oxygens (including phenoxy) is 2. The lowest BCUT2D eigenvalue weighted by Gasteiger charge is -2.40. The highest BCUT2D eigenvalue weighted by atomic mass is 16.5. The molecule has 5 atom stereocenters. The molecule has 2 aromatic rings. The Bertz CT molecular complexity index is 775. The Kier molecular flexibility index (Phi) is 6.66. The molecule has 1 saturated heterocycles. The van der Waals surface area contributed by atoms with Gasteiger partial charge >= 0.3 is 0 Å². The molecule has 3 rings (SSSR count). The van der Waals surface area contributed by atoms with Gasteiger partial charge in [0.2, 0.25) is 0 Å². The van der Waals surface area contributed by atoms with Crippen LogP contribution in [0.3, 0.4) is 0 Å². The zero-order chi connectivity index (χ0) is 20.3. The molecule has 0 radical (unpaired) electrons. The van der Waals surface area contributed by atoms with Crippen LogP contribution >= 0.6 is 0 Å². The van der Waals surface area contributed by atoms with Crippen LogP contribution in [-0.2, 0) is 17.8 Å². The fraction of sp³-hybridized carbons (Fsp3) is 0.429. The van der Waals surface area contributed by atoms with Crippen LogP contribution < -0.4 is 4.74 Å². The zero-order valence-corrected chi connectivity index (χ0v) is 15.6. The van der Waals surface area contributed by atoms with E-state index in [0.29, 0.717) is 17.5 Å². The van der Waals surface area contributed by atoms with Gasteiger partial charge in [0, 0.05) is 0 Å². The molecule has 0 aliphatic carbocycles. The van der Waals surface area contributed by atoms with Crippen LogP contribution in [0.4, 0.5) is 0 Å². The average Bonchev–Trinajstić information content (AvgIpc) is 2.73. The van der Waals surface area contributed by atoms with Gasteiger partial charge in [-0.3, -0.25) is 0 Å². The number of aliphatic hydroxyl groups is 5. The maximum atomic E-state index is 10.4. The normalized spacial score (nSPS) is 27.6. The predicted octanol–water partition coefficient (Wildman–Crippen LogP) is 0.293. The van der Waals surface area contributed by atoms with Crippen molar-refractivity contribution in [3.63, 3.8) is 0 Å². The summed E-state index contributed by atoms with van der Waals surface area (Å²) in [5.41, 5.74) is 3.04. The smallest absolute Gasteiger partial charge is 0.118 e. The summed E-state index contributed by atoms with van der Waals surface area (Å²) in [5.74, 6) is 0.765. The number of aliphatic hydroxyl groups excluding tert-OH is 5. The van der Waals surface area contributed by atoms with Crippen molar-refractivity contribution in [3.8, 4) is 5.75 Å².